The lowest BCUT2D eigenvalue weighted by atomic mass is 10.2. The van der Waals surface area contributed by atoms with Gasteiger partial charge < -0.3 is 9.84 Å². The second kappa shape index (κ2) is 7.45. The molecule has 2 aromatic rings. The maximum absolute atomic E-state index is 5.35. The van der Waals surface area contributed by atoms with Crippen LogP contribution in [0.4, 0.5) is 0 Å². The van der Waals surface area contributed by atoms with E-state index in [4.69, 9.17) is 4.52 Å². The van der Waals surface area contributed by atoms with Gasteiger partial charge in [0.25, 0.3) is 0 Å². The SMILES string of the molecule is CCNCC(C)c1nc(-c2ccc(SCC)cc2)no1. The maximum atomic E-state index is 5.35. The first-order valence-corrected chi connectivity index (χ1v) is 8.00. The van der Waals surface area contributed by atoms with Crippen molar-refractivity contribution in [2.24, 2.45) is 0 Å². The Morgan fingerprint density at radius 2 is 2.00 bits per heavy atom. The number of hydrogen-bond acceptors (Lipinski definition) is 5. The Kier molecular flexibility index (Phi) is 5.61. The second-order valence-corrected chi connectivity index (χ2v) is 5.96. The third-order valence-electron chi connectivity index (χ3n) is 2.99. The summed E-state index contributed by atoms with van der Waals surface area (Å²) in [5, 5.41) is 7.36. The Labute approximate surface area is 124 Å². The number of nitrogens with zero attached hydrogens (tertiary/aromatic N) is 2. The zero-order chi connectivity index (χ0) is 14.4. The molecule has 1 heterocycles. The van der Waals surface area contributed by atoms with Crippen LogP contribution in [0.25, 0.3) is 11.4 Å². The highest BCUT2D eigenvalue weighted by Gasteiger charge is 2.14. The summed E-state index contributed by atoms with van der Waals surface area (Å²) in [4.78, 5) is 5.75. The molecule has 0 bridgehead atoms. The van der Waals surface area contributed by atoms with E-state index in [1.54, 1.807) is 0 Å². The van der Waals surface area contributed by atoms with Crippen LogP contribution in [0.3, 0.4) is 0 Å². The van der Waals surface area contributed by atoms with Crippen molar-refractivity contribution in [2.45, 2.75) is 31.6 Å². The molecule has 1 N–H and O–H groups in total. The molecule has 1 aromatic carbocycles. The van der Waals surface area contributed by atoms with Crippen molar-refractivity contribution in [3.63, 3.8) is 0 Å². The van der Waals surface area contributed by atoms with E-state index in [1.165, 1.54) is 4.90 Å². The summed E-state index contributed by atoms with van der Waals surface area (Å²) >= 11 is 1.83. The molecule has 0 saturated carbocycles. The van der Waals surface area contributed by atoms with Crippen molar-refractivity contribution in [2.75, 3.05) is 18.8 Å². The minimum Gasteiger partial charge on any atom is -0.339 e. The average Bonchev–Trinajstić information content (AvgIpc) is 2.96. The molecule has 0 fully saturated rings. The molecule has 0 aliphatic rings. The van der Waals surface area contributed by atoms with Crippen LogP contribution in [0.15, 0.2) is 33.7 Å². The van der Waals surface area contributed by atoms with E-state index in [0.717, 1.165) is 24.4 Å². The van der Waals surface area contributed by atoms with Gasteiger partial charge in [-0.05, 0) is 36.6 Å². The predicted octanol–water partition coefficient (Wildman–Crippen LogP) is 3.56. The van der Waals surface area contributed by atoms with Gasteiger partial charge in [-0.2, -0.15) is 4.98 Å². The highest BCUT2D eigenvalue weighted by Crippen LogP contribution is 2.23. The predicted molar refractivity (Wildman–Crippen MR) is 83.1 cm³/mol. The van der Waals surface area contributed by atoms with Crippen LogP contribution in [0, 0.1) is 0 Å². The summed E-state index contributed by atoms with van der Waals surface area (Å²) in [5.74, 6) is 2.66. The lowest BCUT2D eigenvalue weighted by Crippen LogP contribution is -2.19. The minimum atomic E-state index is 0.228. The topological polar surface area (TPSA) is 51.0 Å². The highest BCUT2D eigenvalue weighted by atomic mass is 32.2. The molecule has 4 nitrogen and oxygen atoms in total. The van der Waals surface area contributed by atoms with E-state index < -0.39 is 0 Å². The smallest absolute Gasteiger partial charge is 0.231 e. The Morgan fingerprint density at radius 3 is 2.65 bits per heavy atom. The van der Waals surface area contributed by atoms with Gasteiger partial charge in [-0.1, -0.05) is 25.9 Å². The Hall–Kier alpha value is -1.33. The highest BCUT2D eigenvalue weighted by molar-refractivity contribution is 7.99. The van der Waals surface area contributed by atoms with Gasteiger partial charge in [0, 0.05) is 22.9 Å². The second-order valence-electron chi connectivity index (χ2n) is 4.62. The van der Waals surface area contributed by atoms with Crippen molar-refractivity contribution >= 4 is 11.8 Å². The van der Waals surface area contributed by atoms with Crippen LogP contribution in [0.2, 0.25) is 0 Å². The molecule has 0 radical (unpaired) electrons. The molecule has 2 rings (SSSR count). The van der Waals surface area contributed by atoms with Crippen LogP contribution < -0.4 is 5.32 Å². The van der Waals surface area contributed by atoms with Gasteiger partial charge in [0.1, 0.15) is 0 Å². The number of rotatable bonds is 7. The molecule has 0 aliphatic carbocycles. The molecule has 108 valence electrons. The van der Waals surface area contributed by atoms with Crippen molar-refractivity contribution in [3.8, 4) is 11.4 Å². The summed E-state index contributed by atoms with van der Waals surface area (Å²) < 4.78 is 5.35. The standard InChI is InChI=1S/C15H21N3OS/c1-4-16-10-11(3)15-17-14(18-19-15)12-6-8-13(9-7-12)20-5-2/h6-9,11,16H,4-5,10H2,1-3H3. The molecule has 0 saturated heterocycles. The van der Waals surface area contributed by atoms with Crippen molar-refractivity contribution < 1.29 is 4.52 Å². The number of likely N-dealkylation sites (N-methyl/N-ethyl adjacent to an activating group) is 1. The third kappa shape index (κ3) is 3.84. The van der Waals surface area contributed by atoms with E-state index in [-0.39, 0.29) is 5.92 Å². The fourth-order valence-electron chi connectivity index (χ4n) is 1.87. The van der Waals surface area contributed by atoms with Gasteiger partial charge >= 0.3 is 0 Å². The summed E-state index contributed by atoms with van der Waals surface area (Å²) in [5.41, 5.74) is 0.996. The normalized spacial score (nSPS) is 12.6. The number of nitrogens with one attached hydrogen (secondary N) is 1. The molecular formula is C15H21N3OS. The molecule has 0 aliphatic heterocycles. The lowest BCUT2D eigenvalue weighted by Gasteiger charge is -2.05. The summed E-state index contributed by atoms with van der Waals surface area (Å²) in [7, 11) is 0. The van der Waals surface area contributed by atoms with Gasteiger partial charge in [-0.15, -0.1) is 11.8 Å². The average molecular weight is 291 g/mol. The van der Waals surface area contributed by atoms with E-state index in [2.05, 4.69) is 48.4 Å². The van der Waals surface area contributed by atoms with Crippen LogP contribution in [0.1, 0.15) is 32.6 Å². The lowest BCUT2D eigenvalue weighted by molar-refractivity contribution is 0.355. The fourth-order valence-corrected chi connectivity index (χ4v) is 2.53. The van der Waals surface area contributed by atoms with E-state index in [0.29, 0.717) is 11.7 Å². The van der Waals surface area contributed by atoms with E-state index in [1.807, 2.05) is 23.9 Å². The van der Waals surface area contributed by atoms with Gasteiger partial charge in [0.2, 0.25) is 11.7 Å². The zero-order valence-corrected chi connectivity index (χ0v) is 13.0. The molecule has 1 unspecified atom stereocenters. The zero-order valence-electron chi connectivity index (χ0n) is 12.2. The molecule has 0 spiro atoms. The Balaban J connectivity index is 2.07. The molecule has 1 aromatic heterocycles. The van der Waals surface area contributed by atoms with Crippen LogP contribution in [-0.2, 0) is 0 Å². The van der Waals surface area contributed by atoms with Crippen LogP contribution in [0.5, 0.6) is 0 Å². The van der Waals surface area contributed by atoms with Crippen molar-refractivity contribution in [1.82, 2.24) is 15.5 Å². The minimum absolute atomic E-state index is 0.228. The molecule has 0 amide bonds. The number of hydrogen-bond donors (Lipinski definition) is 1. The van der Waals surface area contributed by atoms with Gasteiger partial charge in [-0.25, -0.2) is 0 Å². The monoisotopic (exact) mass is 291 g/mol. The molecule has 20 heavy (non-hydrogen) atoms. The quantitative estimate of drug-likeness (QED) is 0.790. The van der Waals surface area contributed by atoms with Gasteiger partial charge in [0.15, 0.2) is 0 Å². The van der Waals surface area contributed by atoms with E-state index in [9.17, 15) is 0 Å². The van der Waals surface area contributed by atoms with Crippen LogP contribution in [-0.4, -0.2) is 29.0 Å². The number of aromatic nitrogens is 2. The van der Waals surface area contributed by atoms with Gasteiger partial charge in [-0.3, -0.25) is 0 Å². The largest absolute Gasteiger partial charge is 0.339 e. The molecule has 5 heteroatoms. The summed E-state index contributed by atoms with van der Waals surface area (Å²) in [6.07, 6.45) is 0. The number of thioether (sulfide) groups is 1. The maximum Gasteiger partial charge on any atom is 0.231 e. The first kappa shape index (κ1) is 15.1. The summed E-state index contributed by atoms with van der Waals surface area (Å²) in [6, 6.07) is 8.28. The number of benzene rings is 1. The Bertz CT molecular complexity index is 524. The summed E-state index contributed by atoms with van der Waals surface area (Å²) in [6.45, 7) is 8.12. The molecule has 1 atom stereocenters. The van der Waals surface area contributed by atoms with Crippen molar-refractivity contribution in [1.29, 1.82) is 0 Å². The Morgan fingerprint density at radius 1 is 1.25 bits per heavy atom. The van der Waals surface area contributed by atoms with Gasteiger partial charge in [0.05, 0.1) is 0 Å². The van der Waals surface area contributed by atoms with E-state index >= 15 is 0 Å². The third-order valence-corrected chi connectivity index (χ3v) is 3.88. The van der Waals surface area contributed by atoms with Crippen molar-refractivity contribution in [3.05, 3.63) is 30.2 Å². The first-order valence-electron chi connectivity index (χ1n) is 7.02. The fraction of sp³-hybridized carbons (Fsp3) is 0.467. The molecular weight excluding hydrogens is 270 g/mol. The van der Waals surface area contributed by atoms with Crippen LogP contribution >= 0.6 is 11.8 Å². The first-order chi connectivity index (χ1) is 9.74.